The van der Waals surface area contributed by atoms with Crippen molar-refractivity contribution in [2.45, 2.75) is 121 Å². The van der Waals surface area contributed by atoms with Crippen LogP contribution in [-0.2, 0) is 35.1 Å². The molecule has 0 spiro atoms. The zero-order chi connectivity index (χ0) is 45.6. The molecule has 2 aromatic carbocycles. The molecule has 1 amide bonds. The molecule has 2 aromatic rings. The number of terminal acetylenes is 1. The lowest BCUT2D eigenvalue weighted by Crippen LogP contribution is -2.63. The Morgan fingerprint density at radius 3 is 2.50 bits per heavy atom. The second-order valence-electron chi connectivity index (χ2n) is 18.2. The number of Topliss-reactive ketones (excluding diaryl/α,β-unsaturated/α-hetero) is 1. The Balaban J connectivity index is 0.894. The minimum atomic E-state index is -1.63. The number of amides is 1. The van der Waals surface area contributed by atoms with Gasteiger partial charge in [0.15, 0.2) is 17.7 Å². The maximum atomic E-state index is 14.7. The molecule has 0 radical (unpaired) electrons. The van der Waals surface area contributed by atoms with E-state index in [2.05, 4.69) is 25.1 Å². The number of ketones is 2. The highest BCUT2D eigenvalue weighted by Gasteiger charge is 2.76. The molecule has 14 atom stereocenters. The number of aliphatic hydroxyl groups is 5. The van der Waals surface area contributed by atoms with Crippen LogP contribution in [0.2, 0.25) is 0 Å². The van der Waals surface area contributed by atoms with Crippen LogP contribution in [0.25, 0.3) is 0 Å². The summed E-state index contributed by atoms with van der Waals surface area (Å²) in [6.07, 6.45) is 4.67. The zero-order valence-corrected chi connectivity index (χ0v) is 36.1. The van der Waals surface area contributed by atoms with Crippen LogP contribution < -0.4 is 19.5 Å². The number of nitrogens with one attached hydrogen (secondary N) is 1. The second kappa shape index (κ2) is 18.2. The van der Waals surface area contributed by atoms with Gasteiger partial charge in [-0.25, -0.2) is 4.79 Å². The molecule has 1 unspecified atom stereocenters. The molecule has 0 bridgehead atoms. The Labute approximate surface area is 371 Å². The third-order valence-corrected chi connectivity index (χ3v) is 14.5. The molecule has 16 nitrogen and oxygen atoms in total. The molecular weight excluding hydrogens is 831 g/mol. The molecule has 2 saturated heterocycles. The number of hydrogen-bond donors (Lipinski definition) is 6. The van der Waals surface area contributed by atoms with Crippen LogP contribution in [-0.4, -0.2) is 118 Å². The van der Waals surface area contributed by atoms with Gasteiger partial charge in [-0.05, 0) is 92.5 Å². The third-order valence-electron chi connectivity index (χ3n) is 14.5. The van der Waals surface area contributed by atoms with Crippen molar-refractivity contribution in [3.05, 3.63) is 71.8 Å². The molecule has 6 N–H and O–H groups in total. The van der Waals surface area contributed by atoms with E-state index in [-0.39, 0.29) is 60.6 Å². The van der Waals surface area contributed by atoms with Crippen molar-refractivity contribution in [1.29, 1.82) is 0 Å². The number of carbonyl (C=O) groups is 3. The molecule has 2 heterocycles. The Morgan fingerprint density at radius 2 is 1.77 bits per heavy atom. The van der Waals surface area contributed by atoms with Gasteiger partial charge in [-0.2, -0.15) is 0 Å². The number of rotatable bonds is 14. The molecular formula is C48H57NO15. The number of fused-ring (bicyclic) bond motifs is 7. The Kier molecular flexibility index (Phi) is 13.0. The normalized spacial score (nSPS) is 37.2. The van der Waals surface area contributed by atoms with Crippen LogP contribution in [0.1, 0.15) is 64.9 Å². The lowest BCUT2D eigenvalue weighted by atomic mass is 9.46. The fourth-order valence-corrected chi connectivity index (χ4v) is 11.5. The SMILES string of the molecule is C#CCOc1cc(O[C@@H]2O[C@H](CO)[C@@H](O)[C@H](O)[C@H]2O)ccc1COC(=O)Nc1ccc(OCC(=O)[C@@]23OC(CCC)O[C@@H]2C[C@H]2[C@@H]4CCC5=CC(=O)C=C[C@]5(C)[C@H]4[C@@H](O)C[C@@]23C)cc1. The molecule has 5 fully saturated rings. The van der Waals surface area contributed by atoms with E-state index in [1.807, 2.05) is 13.0 Å². The molecule has 6 aliphatic rings. The van der Waals surface area contributed by atoms with E-state index in [1.54, 1.807) is 42.5 Å². The van der Waals surface area contributed by atoms with Crippen molar-refractivity contribution in [1.82, 2.24) is 0 Å². The van der Waals surface area contributed by atoms with E-state index in [9.17, 15) is 39.9 Å². The Bertz CT molecular complexity index is 2180. The predicted octanol–water partition coefficient (Wildman–Crippen LogP) is 3.74. The summed E-state index contributed by atoms with van der Waals surface area (Å²) in [5.41, 5.74) is -0.648. The summed E-state index contributed by atoms with van der Waals surface area (Å²) >= 11 is 0. The fraction of sp³-hybridized carbons (Fsp3) is 0.562. The summed E-state index contributed by atoms with van der Waals surface area (Å²) in [5, 5.41) is 54.8. The number of anilines is 1. The molecule has 4 aliphatic carbocycles. The number of ether oxygens (including phenoxy) is 7. The lowest BCUT2D eigenvalue weighted by Gasteiger charge is -2.59. The van der Waals surface area contributed by atoms with Crippen LogP contribution in [0.5, 0.6) is 17.2 Å². The summed E-state index contributed by atoms with van der Waals surface area (Å²) in [5.74, 6) is 2.81. The topological polar surface area (TPSA) is 229 Å². The summed E-state index contributed by atoms with van der Waals surface area (Å²) in [7, 11) is 0. The Morgan fingerprint density at radius 1 is 1.00 bits per heavy atom. The van der Waals surface area contributed by atoms with Crippen LogP contribution in [0.4, 0.5) is 10.5 Å². The molecule has 0 aromatic heterocycles. The smallest absolute Gasteiger partial charge is 0.411 e. The van der Waals surface area contributed by atoms with Crippen molar-refractivity contribution in [3.63, 3.8) is 0 Å². The summed E-state index contributed by atoms with van der Waals surface area (Å²) < 4.78 is 41.6. The molecule has 3 saturated carbocycles. The first-order valence-electron chi connectivity index (χ1n) is 22.0. The first-order valence-corrected chi connectivity index (χ1v) is 22.0. The summed E-state index contributed by atoms with van der Waals surface area (Å²) in [6.45, 7) is 4.94. The first kappa shape index (κ1) is 45.7. The quantitative estimate of drug-likeness (QED) is 0.149. The maximum Gasteiger partial charge on any atom is 0.411 e. The van der Waals surface area contributed by atoms with Crippen LogP contribution in [0.3, 0.4) is 0 Å². The number of carbonyl (C=O) groups excluding carboxylic acids is 3. The third kappa shape index (κ3) is 8.11. The molecule has 16 heteroatoms. The number of benzene rings is 2. The van der Waals surface area contributed by atoms with Gasteiger partial charge in [0.1, 0.15) is 61.5 Å². The molecule has 8 rings (SSSR count). The summed E-state index contributed by atoms with van der Waals surface area (Å²) in [6, 6.07) is 10.9. The van der Waals surface area contributed by atoms with Gasteiger partial charge in [-0.3, -0.25) is 14.9 Å². The molecule has 2 aliphatic heterocycles. The van der Waals surface area contributed by atoms with Gasteiger partial charge in [-0.15, -0.1) is 6.42 Å². The molecule has 344 valence electrons. The highest BCUT2D eigenvalue weighted by molar-refractivity contribution is 6.01. The highest BCUT2D eigenvalue weighted by atomic mass is 16.7. The van der Waals surface area contributed by atoms with E-state index in [4.69, 9.17) is 39.6 Å². The van der Waals surface area contributed by atoms with E-state index >= 15 is 0 Å². The predicted molar refractivity (Wildman–Crippen MR) is 227 cm³/mol. The van der Waals surface area contributed by atoms with Gasteiger partial charge >= 0.3 is 6.09 Å². The van der Waals surface area contributed by atoms with Crippen molar-refractivity contribution >= 4 is 23.3 Å². The van der Waals surface area contributed by atoms with E-state index in [1.165, 1.54) is 12.1 Å². The van der Waals surface area contributed by atoms with Gasteiger partial charge in [0.2, 0.25) is 12.1 Å². The summed E-state index contributed by atoms with van der Waals surface area (Å²) in [4.78, 5) is 39.9. The van der Waals surface area contributed by atoms with Crippen molar-refractivity contribution in [3.8, 4) is 29.6 Å². The van der Waals surface area contributed by atoms with Crippen molar-refractivity contribution in [2.24, 2.45) is 28.6 Å². The largest absolute Gasteiger partial charge is 0.486 e. The van der Waals surface area contributed by atoms with Crippen molar-refractivity contribution < 1.29 is 73.1 Å². The monoisotopic (exact) mass is 887 g/mol. The average molecular weight is 888 g/mol. The maximum absolute atomic E-state index is 14.7. The Hall–Kier alpha value is -4.83. The van der Waals surface area contributed by atoms with Gasteiger partial charge < -0.3 is 58.7 Å². The van der Waals surface area contributed by atoms with Gasteiger partial charge in [0.05, 0.1) is 18.8 Å². The van der Waals surface area contributed by atoms with Gasteiger partial charge in [0, 0.05) is 34.1 Å². The van der Waals surface area contributed by atoms with Crippen LogP contribution >= 0.6 is 0 Å². The number of hydrogen-bond acceptors (Lipinski definition) is 15. The highest BCUT2D eigenvalue weighted by Crippen LogP contribution is 2.69. The van der Waals surface area contributed by atoms with Crippen LogP contribution in [0, 0.1) is 40.9 Å². The fourth-order valence-electron chi connectivity index (χ4n) is 11.5. The first-order chi connectivity index (χ1) is 30.6. The zero-order valence-electron chi connectivity index (χ0n) is 36.1. The number of aliphatic hydroxyl groups excluding tert-OH is 5. The lowest BCUT2D eigenvalue weighted by molar-refractivity contribution is -0.277. The van der Waals surface area contributed by atoms with Crippen molar-refractivity contribution in [2.75, 3.05) is 25.1 Å². The second-order valence-corrected chi connectivity index (χ2v) is 18.2. The molecule has 64 heavy (non-hydrogen) atoms. The van der Waals surface area contributed by atoms with E-state index in [0.717, 1.165) is 24.8 Å². The van der Waals surface area contributed by atoms with Gasteiger partial charge in [-0.1, -0.05) is 44.8 Å². The minimum absolute atomic E-state index is 0.0236. The minimum Gasteiger partial charge on any atom is -0.486 e. The van der Waals surface area contributed by atoms with E-state index in [0.29, 0.717) is 36.3 Å². The standard InChI is InChI=1S/C48H57NO15/c1-5-7-39-63-38-21-33-32-15-9-27-19-29(51)16-17-46(27,3)40(32)34(52)22-47(33,4)48(38,64-39)37(53)25-59-30-13-10-28(11-14-30)49-45(57)60-24-26-8-12-31(20-35(26)58-18-6-2)61-44-43(56)42(55)41(54)36(23-50)62-44/h2,8,10-14,16-17,19-20,32-34,36,38-44,50,52,54-56H,5,7,9,15,18,21-25H2,1,3-4H3,(H,49,57)/t32-,33-,34-,36+,38+,39?,40+,41+,42-,43+,44+,46-,47-,48+/m0/s1. The van der Waals surface area contributed by atoms with Crippen LogP contribution in [0.15, 0.2) is 66.3 Å². The number of allylic oxidation sites excluding steroid dienone is 4. The van der Waals surface area contributed by atoms with Gasteiger partial charge in [0.25, 0.3) is 0 Å². The average Bonchev–Trinajstić information content (AvgIpc) is 3.76. The van der Waals surface area contributed by atoms with E-state index < -0.39 is 78.3 Å².